The highest BCUT2D eigenvalue weighted by Crippen LogP contribution is 2.53. The van der Waals surface area contributed by atoms with Gasteiger partial charge in [-0.3, -0.25) is 4.79 Å². The van der Waals surface area contributed by atoms with Gasteiger partial charge in [0.1, 0.15) is 5.76 Å². The molecule has 0 saturated heterocycles. The minimum atomic E-state index is -4.72. The molecule has 5 rings (SSSR count). The zero-order valence-electron chi connectivity index (χ0n) is 18.5. The Labute approximate surface area is 189 Å². The minimum Gasteiger partial charge on any atom is -0.442 e. The summed E-state index contributed by atoms with van der Waals surface area (Å²) in [5.74, 6) is -0.634. The van der Waals surface area contributed by atoms with E-state index in [1.54, 1.807) is 42.5 Å². The van der Waals surface area contributed by atoms with Crippen molar-refractivity contribution in [2.75, 3.05) is 0 Å². The Morgan fingerprint density at radius 2 is 1.79 bits per heavy atom. The molecular weight excluding hydrogens is 429 g/mol. The number of allylic oxidation sites excluding steroid dienone is 2. The third kappa shape index (κ3) is 3.65. The van der Waals surface area contributed by atoms with Gasteiger partial charge in [-0.2, -0.15) is 23.0 Å². The van der Waals surface area contributed by atoms with Gasteiger partial charge in [0.05, 0.1) is 11.3 Å². The monoisotopic (exact) mass is 452 g/mol. The zero-order chi connectivity index (χ0) is 23.5. The van der Waals surface area contributed by atoms with Crippen LogP contribution in [0.1, 0.15) is 55.0 Å². The van der Waals surface area contributed by atoms with Crippen molar-refractivity contribution in [3.63, 3.8) is 0 Å². The van der Waals surface area contributed by atoms with E-state index in [9.17, 15) is 18.0 Å². The predicted molar refractivity (Wildman–Crippen MR) is 117 cm³/mol. The van der Waals surface area contributed by atoms with Crippen molar-refractivity contribution in [2.24, 2.45) is 5.41 Å². The summed E-state index contributed by atoms with van der Waals surface area (Å²) in [7, 11) is 0. The summed E-state index contributed by atoms with van der Waals surface area (Å²) in [5, 5.41) is 3.98. The molecule has 1 atom stereocenters. The maximum atomic E-state index is 14.3. The zero-order valence-corrected chi connectivity index (χ0v) is 18.5. The first-order valence-corrected chi connectivity index (χ1v) is 10.8. The second-order valence-corrected chi connectivity index (χ2v) is 9.54. The van der Waals surface area contributed by atoms with Crippen LogP contribution in [-0.2, 0) is 11.0 Å². The molecule has 33 heavy (non-hydrogen) atoms. The van der Waals surface area contributed by atoms with Crippen molar-refractivity contribution in [3.8, 4) is 11.6 Å². The number of hydrogen-bond donors (Lipinski definition) is 0. The number of Topliss-reactive ketones (excluding diaryl/α,β-unsaturated/α-hetero) is 1. The number of aryl methyl sites for hydroxylation is 1. The Morgan fingerprint density at radius 1 is 1.06 bits per heavy atom. The van der Waals surface area contributed by atoms with E-state index in [1.807, 2.05) is 32.9 Å². The van der Waals surface area contributed by atoms with Crippen molar-refractivity contribution in [2.45, 2.75) is 45.7 Å². The topological polar surface area (TPSA) is 44.1 Å². The number of para-hydroxylation sites is 1. The number of aromatic nitrogens is 2. The molecule has 2 aliphatic rings. The van der Waals surface area contributed by atoms with Gasteiger partial charge in [0.2, 0.25) is 5.88 Å². The van der Waals surface area contributed by atoms with Crippen LogP contribution in [0.5, 0.6) is 5.88 Å². The molecule has 4 nitrogen and oxygen atoms in total. The Bertz CT molecular complexity index is 1290. The van der Waals surface area contributed by atoms with Crippen LogP contribution in [0.25, 0.3) is 5.69 Å². The summed E-state index contributed by atoms with van der Waals surface area (Å²) in [6.45, 7) is 5.80. The first-order chi connectivity index (χ1) is 15.5. The maximum Gasteiger partial charge on any atom is 0.435 e. The molecule has 0 bridgehead atoms. The lowest BCUT2D eigenvalue weighted by Crippen LogP contribution is -2.33. The molecule has 1 unspecified atom stereocenters. The van der Waals surface area contributed by atoms with Gasteiger partial charge < -0.3 is 4.74 Å². The number of nitrogens with zero attached hydrogens (tertiary/aromatic N) is 2. The summed E-state index contributed by atoms with van der Waals surface area (Å²) >= 11 is 0. The molecule has 1 aliphatic carbocycles. The number of carbonyl (C=O) groups is 1. The van der Waals surface area contributed by atoms with Crippen LogP contribution < -0.4 is 4.74 Å². The SMILES string of the molecule is Cc1cccc(C2C3=C(CC(C)(C)CC3=O)Oc3c2c(C(F)(F)F)nn3-c2ccccc2)c1. The molecule has 0 amide bonds. The average Bonchev–Trinajstić information content (AvgIpc) is 3.11. The maximum absolute atomic E-state index is 14.3. The van der Waals surface area contributed by atoms with Crippen molar-refractivity contribution in [1.29, 1.82) is 0 Å². The molecule has 2 heterocycles. The van der Waals surface area contributed by atoms with E-state index in [-0.39, 0.29) is 29.1 Å². The van der Waals surface area contributed by atoms with Gasteiger partial charge in [0, 0.05) is 24.3 Å². The molecule has 0 fully saturated rings. The number of benzene rings is 2. The van der Waals surface area contributed by atoms with E-state index < -0.39 is 17.8 Å². The molecule has 0 N–H and O–H groups in total. The minimum absolute atomic E-state index is 0.0179. The van der Waals surface area contributed by atoms with Crippen LogP contribution in [0.4, 0.5) is 13.2 Å². The van der Waals surface area contributed by atoms with Gasteiger partial charge in [-0.25, -0.2) is 0 Å². The fourth-order valence-electron chi connectivity index (χ4n) is 4.86. The summed E-state index contributed by atoms with van der Waals surface area (Å²) in [6, 6.07) is 15.9. The van der Waals surface area contributed by atoms with Crippen molar-refractivity contribution < 1.29 is 22.7 Å². The van der Waals surface area contributed by atoms with Crippen molar-refractivity contribution in [1.82, 2.24) is 9.78 Å². The lowest BCUT2D eigenvalue weighted by atomic mass is 9.70. The number of alkyl halides is 3. The molecule has 170 valence electrons. The van der Waals surface area contributed by atoms with Crippen molar-refractivity contribution in [3.05, 3.63) is 88.3 Å². The van der Waals surface area contributed by atoms with Gasteiger partial charge in [-0.15, -0.1) is 0 Å². The highest BCUT2D eigenvalue weighted by atomic mass is 19.4. The third-order valence-corrected chi connectivity index (χ3v) is 6.20. The van der Waals surface area contributed by atoms with Crippen LogP contribution in [-0.4, -0.2) is 15.6 Å². The number of ether oxygens (including phenoxy) is 1. The van der Waals surface area contributed by atoms with Gasteiger partial charge in [-0.1, -0.05) is 61.9 Å². The van der Waals surface area contributed by atoms with Crippen LogP contribution in [0.3, 0.4) is 0 Å². The molecule has 1 aromatic heterocycles. The van der Waals surface area contributed by atoms with E-state index in [4.69, 9.17) is 4.74 Å². The first-order valence-electron chi connectivity index (χ1n) is 10.8. The van der Waals surface area contributed by atoms with E-state index in [1.165, 1.54) is 4.68 Å². The van der Waals surface area contributed by atoms with Gasteiger partial charge >= 0.3 is 6.18 Å². The molecule has 0 saturated carbocycles. The quantitative estimate of drug-likeness (QED) is 0.454. The summed E-state index contributed by atoms with van der Waals surface area (Å²) in [4.78, 5) is 13.3. The van der Waals surface area contributed by atoms with Gasteiger partial charge in [0.25, 0.3) is 0 Å². The van der Waals surface area contributed by atoms with E-state index in [0.717, 1.165) is 5.56 Å². The third-order valence-electron chi connectivity index (χ3n) is 6.20. The highest BCUT2D eigenvalue weighted by Gasteiger charge is 2.49. The molecule has 7 heteroatoms. The van der Waals surface area contributed by atoms with E-state index in [0.29, 0.717) is 29.0 Å². The number of rotatable bonds is 2. The lowest BCUT2D eigenvalue weighted by Gasteiger charge is -2.37. The fourth-order valence-corrected chi connectivity index (χ4v) is 4.86. The van der Waals surface area contributed by atoms with Crippen LogP contribution >= 0.6 is 0 Å². The molecule has 0 radical (unpaired) electrons. The van der Waals surface area contributed by atoms with Crippen LogP contribution in [0.15, 0.2) is 65.9 Å². The summed E-state index contributed by atoms with van der Waals surface area (Å²) in [6.07, 6.45) is -4.01. The Morgan fingerprint density at radius 3 is 2.45 bits per heavy atom. The molecule has 3 aromatic rings. The number of carbonyl (C=O) groups excluding carboxylic acids is 1. The van der Waals surface area contributed by atoms with Gasteiger partial charge in [0.15, 0.2) is 11.5 Å². The summed E-state index contributed by atoms with van der Waals surface area (Å²) in [5.41, 5.74) is 0.798. The molecular formula is C26H23F3N2O2. The molecule has 1 aliphatic heterocycles. The highest BCUT2D eigenvalue weighted by molar-refractivity contribution is 6.00. The Kier molecular flexibility index (Phi) is 4.78. The second-order valence-electron chi connectivity index (χ2n) is 9.54. The number of halogens is 3. The van der Waals surface area contributed by atoms with Crippen molar-refractivity contribution >= 4 is 5.78 Å². The number of fused-ring (bicyclic) bond motifs is 1. The lowest BCUT2D eigenvalue weighted by molar-refractivity contribution is -0.142. The molecule has 0 spiro atoms. The van der Waals surface area contributed by atoms with E-state index >= 15 is 0 Å². The normalized spacial score (nSPS) is 19.7. The fraction of sp³-hybridized carbons (Fsp3) is 0.308. The number of ketones is 1. The predicted octanol–water partition coefficient (Wildman–Crippen LogP) is 6.37. The number of hydrogen-bond acceptors (Lipinski definition) is 3. The van der Waals surface area contributed by atoms with Gasteiger partial charge in [-0.05, 0) is 30.0 Å². The van der Waals surface area contributed by atoms with Crippen LogP contribution in [0, 0.1) is 12.3 Å². The smallest absolute Gasteiger partial charge is 0.435 e. The van der Waals surface area contributed by atoms with Crippen LogP contribution in [0.2, 0.25) is 0 Å². The largest absolute Gasteiger partial charge is 0.442 e. The average molecular weight is 452 g/mol. The first kappa shape index (κ1) is 21.5. The Hall–Kier alpha value is -3.35. The summed E-state index contributed by atoms with van der Waals surface area (Å²) < 4.78 is 50.2. The Balaban J connectivity index is 1.84. The standard InChI is InChI=1S/C26H23F3N2O2/c1-15-8-7-9-16(12-15)20-21-18(32)13-25(2,3)14-19(21)33-24-22(20)23(26(27,28)29)30-31(24)17-10-5-4-6-11-17/h4-12,20H,13-14H2,1-3H3. The van der Waals surface area contributed by atoms with E-state index in [2.05, 4.69) is 5.10 Å². The second kappa shape index (κ2) is 7.33. The molecule has 2 aromatic carbocycles.